The lowest BCUT2D eigenvalue weighted by atomic mass is 10.1. The SMILES string of the molecule is Cc1ccc(CS(=O)(=O)Nc2ccc(-c3nc4cnc(S(C)=O)nc4n(C(C)C)c3=O)cc2F)c(Br)c1. The van der Waals surface area contributed by atoms with Gasteiger partial charge >= 0.3 is 0 Å². The molecule has 2 heterocycles. The maximum Gasteiger partial charge on any atom is 0.278 e. The molecule has 0 aliphatic heterocycles. The molecule has 0 saturated carbocycles. The number of anilines is 1. The van der Waals surface area contributed by atoms with E-state index in [9.17, 15) is 17.4 Å². The fraction of sp³-hybridized carbons (Fsp3) is 0.250. The number of benzene rings is 2. The summed E-state index contributed by atoms with van der Waals surface area (Å²) in [4.78, 5) is 25.9. The van der Waals surface area contributed by atoms with Crippen molar-refractivity contribution in [1.29, 1.82) is 0 Å². The molecule has 0 bridgehead atoms. The van der Waals surface area contributed by atoms with E-state index in [0.29, 0.717) is 10.0 Å². The number of nitrogens with one attached hydrogen (secondary N) is 1. The number of nitrogens with zero attached hydrogens (tertiary/aromatic N) is 4. The van der Waals surface area contributed by atoms with Crippen LogP contribution in [0.25, 0.3) is 22.4 Å². The van der Waals surface area contributed by atoms with Crippen molar-refractivity contribution in [3.63, 3.8) is 0 Å². The Hall–Kier alpha value is -3.03. The highest BCUT2D eigenvalue weighted by Gasteiger charge is 2.20. The predicted octanol–water partition coefficient (Wildman–Crippen LogP) is 4.32. The Morgan fingerprint density at radius 1 is 1.16 bits per heavy atom. The van der Waals surface area contributed by atoms with Gasteiger partial charge in [0.15, 0.2) is 5.65 Å². The summed E-state index contributed by atoms with van der Waals surface area (Å²) in [5.41, 5.74) is 1.32. The highest BCUT2D eigenvalue weighted by molar-refractivity contribution is 9.10. The van der Waals surface area contributed by atoms with E-state index in [1.165, 1.54) is 29.2 Å². The minimum atomic E-state index is -3.93. The molecule has 2 aromatic carbocycles. The molecule has 1 unspecified atom stereocenters. The first kappa shape index (κ1) is 27.0. The van der Waals surface area contributed by atoms with Gasteiger partial charge in [0.05, 0.1) is 28.4 Å². The third kappa shape index (κ3) is 5.78. The van der Waals surface area contributed by atoms with Gasteiger partial charge in [-0.1, -0.05) is 34.1 Å². The molecule has 9 nitrogen and oxygen atoms in total. The van der Waals surface area contributed by atoms with E-state index in [4.69, 9.17) is 0 Å². The zero-order valence-corrected chi connectivity index (χ0v) is 23.5. The topological polar surface area (TPSA) is 124 Å². The van der Waals surface area contributed by atoms with Crippen LogP contribution >= 0.6 is 15.9 Å². The maximum absolute atomic E-state index is 15.1. The molecule has 0 aliphatic rings. The number of sulfonamides is 1. The quantitative estimate of drug-likeness (QED) is 0.310. The first-order valence-electron chi connectivity index (χ1n) is 11.0. The molecule has 0 saturated heterocycles. The summed E-state index contributed by atoms with van der Waals surface area (Å²) in [6.07, 6.45) is 2.79. The predicted molar refractivity (Wildman–Crippen MR) is 145 cm³/mol. The Bertz CT molecular complexity index is 1720. The molecule has 2 aromatic heterocycles. The molecule has 13 heteroatoms. The Morgan fingerprint density at radius 3 is 2.51 bits per heavy atom. The van der Waals surface area contributed by atoms with Crippen LogP contribution in [0.2, 0.25) is 0 Å². The highest BCUT2D eigenvalue weighted by Crippen LogP contribution is 2.26. The van der Waals surface area contributed by atoms with Gasteiger partial charge in [-0.25, -0.2) is 27.8 Å². The molecule has 1 atom stereocenters. The van der Waals surface area contributed by atoms with Crippen molar-refractivity contribution in [3.8, 4) is 11.3 Å². The van der Waals surface area contributed by atoms with Gasteiger partial charge < -0.3 is 0 Å². The van der Waals surface area contributed by atoms with Crippen LogP contribution in [-0.2, 0) is 26.6 Å². The third-order valence-corrected chi connectivity index (χ3v) is 8.12. The molecule has 0 spiro atoms. The van der Waals surface area contributed by atoms with Crippen molar-refractivity contribution < 1.29 is 17.0 Å². The number of hydrogen-bond donors (Lipinski definition) is 1. The second-order valence-electron chi connectivity index (χ2n) is 8.70. The van der Waals surface area contributed by atoms with Crippen LogP contribution in [-0.4, -0.2) is 38.4 Å². The van der Waals surface area contributed by atoms with E-state index in [0.717, 1.165) is 11.6 Å². The summed E-state index contributed by atoms with van der Waals surface area (Å²) in [6.45, 7) is 5.44. The molecule has 0 amide bonds. The van der Waals surface area contributed by atoms with Crippen LogP contribution in [0.3, 0.4) is 0 Å². The number of aryl methyl sites for hydroxylation is 1. The molecule has 0 aliphatic carbocycles. The molecule has 0 radical (unpaired) electrons. The highest BCUT2D eigenvalue weighted by atomic mass is 79.9. The number of fused-ring (bicyclic) bond motifs is 1. The second-order valence-corrected chi connectivity index (χ2v) is 12.5. The zero-order chi connectivity index (χ0) is 27.1. The van der Waals surface area contributed by atoms with Crippen LogP contribution < -0.4 is 10.3 Å². The van der Waals surface area contributed by atoms with Gasteiger partial charge in [0, 0.05) is 22.3 Å². The molecular weight excluding hydrogens is 585 g/mol. The van der Waals surface area contributed by atoms with Crippen molar-refractivity contribution in [2.45, 2.75) is 37.7 Å². The van der Waals surface area contributed by atoms with Gasteiger partial charge in [-0.15, -0.1) is 0 Å². The summed E-state index contributed by atoms with van der Waals surface area (Å²) in [5.74, 6) is -1.22. The maximum atomic E-state index is 15.1. The summed E-state index contributed by atoms with van der Waals surface area (Å²) in [6, 6.07) is 8.66. The fourth-order valence-electron chi connectivity index (χ4n) is 3.71. The minimum Gasteiger partial charge on any atom is -0.287 e. The third-order valence-electron chi connectivity index (χ3n) is 5.45. The minimum absolute atomic E-state index is 0.0490. The van der Waals surface area contributed by atoms with Crippen molar-refractivity contribution >= 4 is 53.6 Å². The Kier molecular flexibility index (Phi) is 7.58. The van der Waals surface area contributed by atoms with Crippen LogP contribution in [0.5, 0.6) is 0 Å². The van der Waals surface area contributed by atoms with Crippen LogP contribution in [0.1, 0.15) is 31.0 Å². The molecule has 0 fully saturated rings. The largest absolute Gasteiger partial charge is 0.287 e. The molecule has 194 valence electrons. The van der Waals surface area contributed by atoms with Gasteiger partial charge in [0.1, 0.15) is 17.0 Å². The number of aromatic nitrogens is 4. The van der Waals surface area contributed by atoms with Gasteiger partial charge in [-0.05, 0) is 50.1 Å². The average Bonchev–Trinajstić information content (AvgIpc) is 2.81. The zero-order valence-electron chi connectivity index (χ0n) is 20.3. The molecule has 4 aromatic rings. The van der Waals surface area contributed by atoms with Gasteiger partial charge in [0.2, 0.25) is 15.2 Å². The average molecular weight is 609 g/mol. The summed E-state index contributed by atoms with van der Waals surface area (Å²) in [5, 5.41) is 0.0659. The van der Waals surface area contributed by atoms with Crippen LogP contribution in [0, 0.1) is 12.7 Å². The van der Waals surface area contributed by atoms with Gasteiger partial charge in [0.25, 0.3) is 5.56 Å². The second kappa shape index (κ2) is 10.4. The van der Waals surface area contributed by atoms with Crippen molar-refractivity contribution in [1.82, 2.24) is 19.5 Å². The van der Waals surface area contributed by atoms with Crippen molar-refractivity contribution in [2.24, 2.45) is 0 Å². The van der Waals surface area contributed by atoms with Gasteiger partial charge in [-0.3, -0.25) is 18.3 Å². The van der Waals surface area contributed by atoms with E-state index in [1.54, 1.807) is 32.0 Å². The van der Waals surface area contributed by atoms with Gasteiger partial charge in [-0.2, -0.15) is 0 Å². The number of halogens is 2. The van der Waals surface area contributed by atoms with E-state index >= 15 is 4.39 Å². The Labute approximate surface area is 223 Å². The van der Waals surface area contributed by atoms with E-state index < -0.39 is 32.2 Å². The summed E-state index contributed by atoms with van der Waals surface area (Å²) in [7, 11) is -5.39. The first-order valence-corrected chi connectivity index (χ1v) is 15.0. The van der Waals surface area contributed by atoms with Crippen molar-refractivity contribution in [3.05, 3.63) is 74.4 Å². The fourth-order valence-corrected chi connectivity index (χ4v) is 6.18. The smallest absolute Gasteiger partial charge is 0.278 e. The molecule has 1 N–H and O–H groups in total. The lowest BCUT2D eigenvalue weighted by Crippen LogP contribution is -2.26. The summed E-state index contributed by atoms with van der Waals surface area (Å²) < 4.78 is 56.6. The number of hydrogen-bond acceptors (Lipinski definition) is 7. The monoisotopic (exact) mass is 607 g/mol. The molecular formula is C24H23BrFN5O4S2. The van der Waals surface area contributed by atoms with E-state index in [2.05, 4.69) is 35.6 Å². The molecule has 37 heavy (non-hydrogen) atoms. The lowest BCUT2D eigenvalue weighted by molar-refractivity contribution is 0.589. The summed E-state index contributed by atoms with van der Waals surface area (Å²) >= 11 is 3.36. The Morgan fingerprint density at radius 2 is 1.89 bits per heavy atom. The normalized spacial score (nSPS) is 12.7. The first-order chi connectivity index (χ1) is 17.4. The lowest BCUT2D eigenvalue weighted by Gasteiger charge is -2.15. The van der Waals surface area contributed by atoms with E-state index in [1.807, 2.05) is 6.92 Å². The van der Waals surface area contributed by atoms with Crippen LogP contribution in [0.15, 0.2) is 57.0 Å². The standard InChI is InChI=1S/C24H23BrFN5O4S2/c1-13(2)31-22-20(11-27-24(29-22)36(4)33)28-21(23(31)32)15-7-8-19(18(26)10-15)30-37(34,35)12-16-6-5-14(3)9-17(16)25/h5-11,13,30H,12H2,1-4H3. The van der Waals surface area contributed by atoms with Crippen LogP contribution in [0.4, 0.5) is 10.1 Å². The number of rotatable bonds is 7. The van der Waals surface area contributed by atoms with E-state index in [-0.39, 0.29) is 45.1 Å². The molecule has 4 rings (SSSR count). The Balaban J connectivity index is 1.71. The van der Waals surface area contributed by atoms with Crippen molar-refractivity contribution in [2.75, 3.05) is 11.0 Å².